The number of aryl methyl sites for hydroxylation is 2. The van der Waals surface area contributed by atoms with Crippen LogP contribution in [0.15, 0.2) is 41.5 Å². The summed E-state index contributed by atoms with van der Waals surface area (Å²) >= 11 is 0. The number of carbonyl (C=O) groups is 2. The number of ether oxygens (including phenoxy) is 2. The van der Waals surface area contributed by atoms with Crippen LogP contribution < -0.4 is 20.2 Å². The molecular formula is C21H25N3O4. The van der Waals surface area contributed by atoms with Gasteiger partial charge in [0.1, 0.15) is 0 Å². The smallest absolute Gasteiger partial charge is 0.271 e. The van der Waals surface area contributed by atoms with Crippen molar-refractivity contribution >= 4 is 23.2 Å². The van der Waals surface area contributed by atoms with E-state index in [1.807, 2.05) is 32.0 Å². The second kappa shape index (κ2) is 9.55. The first kappa shape index (κ1) is 21.0. The molecule has 148 valence electrons. The van der Waals surface area contributed by atoms with Gasteiger partial charge in [0.15, 0.2) is 11.5 Å². The number of hydrogen-bond acceptors (Lipinski definition) is 5. The number of amides is 2. The maximum absolute atomic E-state index is 12.3. The topological polar surface area (TPSA) is 89.0 Å². The summed E-state index contributed by atoms with van der Waals surface area (Å²) in [5.41, 5.74) is 6.18. The summed E-state index contributed by atoms with van der Waals surface area (Å²) in [7, 11) is 3.02. The van der Waals surface area contributed by atoms with E-state index < -0.39 is 5.91 Å². The molecule has 0 radical (unpaired) electrons. The fourth-order valence-corrected chi connectivity index (χ4v) is 2.71. The zero-order valence-electron chi connectivity index (χ0n) is 16.8. The van der Waals surface area contributed by atoms with Gasteiger partial charge in [-0.05, 0) is 62.2 Å². The maximum Gasteiger partial charge on any atom is 0.271 e. The second-order valence-electron chi connectivity index (χ2n) is 6.46. The van der Waals surface area contributed by atoms with Gasteiger partial charge in [-0.15, -0.1) is 0 Å². The lowest BCUT2D eigenvalue weighted by molar-refractivity contribution is -0.115. The van der Waals surface area contributed by atoms with E-state index in [4.69, 9.17) is 9.47 Å². The number of hydrazone groups is 1. The minimum Gasteiger partial charge on any atom is -0.493 e. The molecule has 2 N–H and O–H groups in total. The van der Waals surface area contributed by atoms with Crippen molar-refractivity contribution in [3.63, 3.8) is 0 Å². The Morgan fingerprint density at radius 2 is 1.61 bits per heavy atom. The average Bonchev–Trinajstić information content (AvgIpc) is 2.64. The molecule has 2 amide bonds. The monoisotopic (exact) mass is 383 g/mol. The summed E-state index contributed by atoms with van der Waals surface area (Å²) in [6, 6.07) is 10.6. The van der Waals surface area contributed by atoms with Crippen LogP contribution in [-0.2, 0) is 4.79 Å². The van der Waals surface area contributed by atoms with Gasteiger partial charge in [-0.3, -0.25) is 9.59 Å². The molecule has 0 aliphatic heterocycles. The van der Waals surface area contributed by atoms with E-state index in [-0.39, 0.29) is 12.3 Å². The van der Waals surface area contributed by atoms with Crippen LogP contribution in [0.1, 0.15) is 34.8 Å². The molecule has 0 saturated heterocycles. The predicted octanol–water partition coefficient (Wildman–Crippen LogP) is 3.46. The van der Waals surface area contributed by atoms with Crippen molar-refractivity contribution in [2.24, 2.45) is 5.10 Å². The Morgan fingerprint density at radius 3 is 2.21 bits per heavy atom. The molecule has 7 nitrogen and oxygen atoms in total. The molecule has 0 unspecified atom stereocenters. The lowest BCUT2D eigenvalue weighted by Crippen LogP contribution is -2.21. The summed E-state index contributed by atoms with van der Waals surface area (Å²) in [4.78, 5) is 24.4. The van der Waals surface area contributed by atoms with Gasteiger partial charge in [0.05, 0.1) is 20.6 Å². The molecule has 2 rings (SSSR count). The molecule has 0 bridgehead atoms. The van der Waals surface area contributed by atoms with Crippen molar-refractivity contribution in [3.8, 4) is 11.5 Å². The van der Waals surface area contributed by atoms with Crippen molar-refractivity contribution in [2.75, 3.05) is 19.5 Å². The van der Waals surface area contributed by atoms with Gasteiger partial charge in [0.25, 0.3) is 5.91 Å². The van der Waals surface area contributed by atoms with Crippen LogP contribution >= 0.6 is 0 Å². The Balaban J connectivity index is 1.96. The summed E-state index contributed by atoms with van der Waals surface area (Å²) < 4.78 is 10.3. The lowest BCUT2D eigenvalue weighted by Gasteiger charge is -2.09. The Labute approximate surface area is 164 Å². The molecule has 0 atom stereocenters. The number of nitrogens with zero attached hydrogens (tertiary/aromatic N) is 1. The third-order valence-electron chi connectivity index (χ3n) is 3.92. The Kier molecular flexibility index (Phi) is 7.14. The quantitative estimate of drug-likeness (QED) is 0.566. The SMILES string of the molecule is COc1ccc(C(=O)NN=C(C)CC(=O)Nc2cc(C)cc(C)c2)cc1OC. The highest BCUT2D eigenvalue weighted by molar-refractivity contribution is 6.06. The van der Waals surface area contributed by atoms with Crippen molar-refractivity contribution in [1.82, 2.24) is 5.43 Å². The standard InChI is InChI=1S/C21H25N3O4/c1-13-8-14(2)10-17(9-13)22-20(25)11-15(3)23-24-21(26)16-6-7-18(27-4)19(12-16)28-5/h6-10,12H,11H2,1-5H3,(H,22,25)(H,24,26). The third kappa shape index (κ3) is 5.84. The van der Waals surface area contributed by atoms with Crippen LogP contribution in [0.4, 0.5) is 5.69 Å². The lowest BCUT2D eigenvalue weighted by atomic mass is 10.1. The molecule has 0 spiro atoms. The van der Waals surface area contributed by atoms with E-state index >= 15 is 0 Å². The Hall–Kier alpha value is -3.35. The van der Waals surface area contributed by atoms with Crippen molar-refractivity contribution in [3.05, 3.63) is 53.1 Å². The fourth-order valence-electron chi connectivity index (χ4n) is 2.71. The predicted molar refractivity (Wildman–Crippen MR) is 109 cm³/mol. The van der Waals surface area contributed by atoms with Gasteiger partial charge >= 0.3 is 0 Å². The van der Waals surface area contributed by atoms with Crippen molar-refractivity contribution in [1.29, 1.82) is 0 Å². The van der Waals surface area contributed by atoms with Crippen molar-refractivity contribution in [2.45, 2.75) is 27.2 Å². The summed E-state index contributed by atoms with van der Waals surface area (Å²) in [6.45, 7) is 5.62. The van der Waals surface area contributed by atoms with Gasteiger partial charge in [0, 0.05) is 17.0 Å². The Morgan fingerprint density at radius 1 is 0.964 bits per heavy atom. The molecule has 0 heterocycles. The fraction of sp³-hybridized carbons (Fsp3) is 0.286. The van der Waals surface area contributed by atoms with Gasteiger partial charge in [-0.1, -0.05) is 6.07 Å². The minimum absolute atomic E-state index is 0.0687. The van der Waals surface area contributed by atoms with E-state index in [1.165, 1.54) is 14.2 Å². The highest BCUT2D eigenvalue weighted by Gasteiger charge is 2.11. The number of benzene rings is 2. The Bertz CT molecular complexity index is 886. The van der Waals surface area contributed by atoms with Crippen LogP contribution in [0, 0.1) is 13.8 Å². The molecule has 0 fully saturated rings. The highest BCUT2D eigenvalue weighted by atomic mass is 16.5. The minimum atomic E-state index is -0.407. The first-order chi connectivity index (χ1) is 13.3. The van der Waals surface area contributed by atoms with Gasteiger partial charge in [0.2, 0.25) is 5.91 Å². The normalized spacial score (nSPS) is 11.0. The first-order valence-electron chi connectivity index (χ1n) is 8.76. The summed E-state index contributed by atoms with van der Waals surface area (Å²) in [5.74, 6) is 0.368. The average molecular weight is 383 g/mol. The zero-order chi connectivity index (χ0) is 20.7. The molecule has 0 saturated carbocycles. The largest absolute Gasteiger partial charge is 0.493 e. The highest BCUT2D eigenvalue weighted by Crippen LogP contribution is 2.27. The maximum atomic E-state index is 12.3. The number of anilines is 1. The van der Waals surface area contributed by atoms with E-state index in [0.717, 1.165) is 16.8 Å². The van der Waals surface area contributed by atoms with E-state index in [2.05, 4.69) is 15.8 Å². The molecular weight excluding hydrogens is 358 g/mol. The van der Waals surface area contributed by atoms with Crippen LogP contribution in [-0.4, -0.2) is 31.7 Å². The van der Waals surface area contributed by atoms with Crippen molar-refractivity contribution < 1.29 is 19.1 Å². The van der Waals surface area contributed by atoms with Gasteiger partial charge in [-0.25, -0.2) is 5.43 Å². The summed E-state index contributed by atoms with van der Waals surface area (Å²) in [5, 5.41) is 6.84. The summed E-state index contributed by atoms with van der Waals surface area (Å²) in [6.07, 6.45) is 0.0687. The van der Waals surface area contributed by atoms with Crippen LogP contribution in [0.25, 0.3) is 0 Å². The number of hydrogen-bond donors (Lipinski definition) is 2. The van der Waals surface area contributed by atoms with Crippen LogP contribution in [0.3, 0.4) is 0 Å². The molecule has 2 aromatic rings. The third-order valence-corrected chi connectivity index (χ3v) is 3.92. The molecule has 7 heteroatoms. The molecule has 0 aliphatic carbocycles. The number of rotatable bonds is 7. The number of methoxy groups -OCH3 is 2. The second-order valence-corrected chi connectivity index (χ2v) is 6.46. The van der Waals surface area contributed by atoms with E-state index in [1.54, 1.807) is 25.1 Å². The molecule has 0 aliphatic rings. The van der Waals surface area contributed by atoms with E-state index in [9.17, 15) is 9.59 Å². The zero-order valence-corrected chi connectivity index (χ0v) is 16.8. The number of carbonyl (C=O) groups excluding carboxylic acids is 2. The van der Waals surface area contributed by atoms with Crippen LogP contribution in [0.2, 0.25) is 0 Å². The number of nitrogens with one attached hydrogen (secondary N) is 2. The molecule has 2 aromatic carbocycles. The van der Waals surface area contributed by atoms with E-state index in [0.29, 0.717) is 22.8 Å². The van der Waals surface area contributed by atoms with Gasteiger partial charge < -0.3 is 14.8 Å². The molecule has 0 aromatic heterocycles. The van der Waals surface area contributed by atoms with Gasteiger partial charge in [-0.2, -0.15) is 5.10 Å². The first-order valence-corrected chi connectivity index (χ1v) is 8.76. The molecule has 28 heavy (non-hydrogen) atoms. The van der Waals surface area contributed by atoms with Crippen LogP contribution in [0.5, 0.6) is 11.5 Å².